The van der Waals surface area contributed by atoms with E-state index in [1.54, 1.807) is 0 Å². The van der Waals surface area contributed by atoms with Gasteiger partial charge < -0.3 is 0 Å². The number of hydrogen-bond acceptors (Lipinski definition) is 5. The Morgan fingerprint density at radius 3 is 2.92 bits per heavy atom. The van der Waals surface area contributed by atoms with Crippen molar-refractivity contribution < 1.29 is 0 Å². The van der Waals surface area contributed by atoms with E-state index in [4.69, 9.17) is 17.3 Å². The lowest BCUT2D eigenvalue weighted by molar-refractivity contribution is 0.159. The summed E-state index contributed by atoms with van der Waals surface area (Å²) in [7, 11) is 0. The Kier molecular flexibility index (Phi) is 3.82. The Balaban J connectivity index is 1.56. The van der Waals surface area contributed by atoms with E-state index in [0.717, 1.165) is 23.4 Å². The standard InChI is InChI=1S/C18H16N4S3/c23-18-21-8-2-1-5-16(21)19-22(18)12-20-9-6-14-13(7-11-25-14)17(20)15-4-3-10-24-15/h1-5,7-8,10-11,17H,6,9,12H2. The molecule has 0 N–H and O–H groups in total. The second-order valence-corrected chi connectivity index (χ2v) is 8.48. The second-order valence-electron chi connectivity index (χ2n) is 6.13. The van der Waals surface area contributed by atoms with Gasteiger partial charge >= 0.3 is 0 Å². The molecule has 5 rings (SSSR count). The lowest BCUT2D eigenvalue weighted by Crippen LogP contribution is -2.36. The van der Waals surface area contributed by atoms with E-state index in [1.807, 2.05) is 56.2 Å². The fraction of sp³-hybridized carbons (Fsp3) is 0.222. The number of pyridine rings is 1. The van der Waals surface area contributed by atoms with Gasteiger partial charge in [-0.2, -0.15) is 5.10 Å². The van der Waals surface area contributed by atoms with Crippen LogP contribution in [0.15, 0.2) is 53.4 Å². The molecule has 1 aliphatic rings. The number of rotatable bonds is 3. The van der Waals surface area contributed by atoms with Crippen molar-refractivity contribution in [2.45, 2.75) is 19.1 Å². The minimum Gasteiger partial charge on any atom is -0.275 e. The minimum atomic E-state index is 0.293. The van der Waals surface area contributed by atoms with Crippen LogP contribution in [0.5, 0.6) is 0 Å². The summed E-state index contributed by atoms with van der Waals surface area (Å²) in [5.74, 6) is 0. The van der Waals surface area contributed by atoms with Crippen LogP contribution >= 0.6 is 34.9 Å². The maximum absolute atomic E-state index is 5.64. The van der Waals surface area contributed by atoms with Crippen LogP contribution in [0.4, 0.5) is 0 Å². The summed E-state index contributed by atoms with van der Waals surface area (Å²) in [5, 5.41) is 9.08. The van der Waals surface area contributed by atoms with E-state index < -0.39 is 0 Å². The van der Waals surface area contributed by atoms with Crippen LogP contribution in [-0.2, 0) is 13.1 Å². The zero-order valence-electron chi connectivity index (χ0n) is 13.4. The predicted molar refractivity (Wildman–Crippen MR) is 105 cm³/mol. The van der Waals surface area contributed by atoms with Gasteiger partial charge in [0.1, 0.15) is 0 Å². The Bertz CT molecular complexity index is 1070. The molecule has 4 aromatic heterocycles. The van der Waals surface area contributed by atoms with Crippen LogP contribution in [0.25, 0.3) is 5.65 Å². The second kappa shape index (κ2) is 6.17. The topological polar surface area (TPSA) is 25.5 Å². The molecular formula is C18H16N4S3. The molecule has 25 heavy (non-hydrogen) atoms. The maximum atomic E-state index is 5.64. The zero-order chi connectivity index (χ0) is 16.8. The van der Waals surface area contributed by atoms with Gasteiger partial charge in [0.2, 0.25) is 4.77 Å². The van der Waals surface area contributed by atoms with Gasteiger partial charge in [-0.05, 0) is 59.2 Å². The first-order chi connectivity index (χ1) is 12.3. The Morgan fingerprint density at radius 1 is 1.12 bits per heavy atom. The van der Waals surface area contributed by atoms with E-state index in [9.17, 15) is 0 Å². The summed E-state index contributed by atoms with van der Waals surface area (Å²) in [4.78, 5) is 5.38. The molecule has 4 nitrogen and oxygen atoms in total. The van der Waals surface area contributed by atoms with Crippen LogP contribution in [0.3, 0.4) is 0 Å². The van der Waals surface area contributed by atoms with Crippen molar-refractivity contribution in [2.24, 2.45) is 0 Å². The van der Waals surface area contributed by atoms with Gasteiger partial charge in [0, 0.05) is 22.5 Å². The SMILES string of the molecule is S=c1n(CN2CCc3sccc3C2c2cccs2)nc2ccccn12. The third-order valence-corrected chi connectivity index (χ3v) is 7.01. The molecule has 0 saturated heterocycles. The molecule has 126 valence electrons. The summed E-state index contributed by atoms with van der Waals surface area (Å²) in [6.45, 7) is 1.73. The molecule has 0 fully saturated rings. The van der Waals surface area contributed by atoms with E-state index >= 15 is 0 Å². The van der Waals surface area contributed by atoms with E-state index in [0.29, 0.717) is 12.7 Å². The predicted octanol–water partition coefficient (Wildman–Crippen LogP) is 4.59. The zero-order valence-corrected chi connectivity index (χ0v) is 15.9. The van der Waals surface area contributed by atoms with Gasteiger partial charge in [0.25, 0.3) is 0 Å². The van der Waals surface area contributed by atoms with Crippen molar-refractivity contribution in [3.05, 3.63) is 73.4 Å². The minimum absolute atomic E-state index is 0.293. The van der Waals surface area contributed by atoms with E-state index in [-0.39, 0.29) is 0 Å². The Morgan fingerprint density at radius 2 is 2.08 bits per heavy atom. The van der Waals surface area contributed by atoms with Gasteiger partial charge in [-0.3, -0.25) is 9.30 Å². The highest BCUT2D eigenvalue weighted by Crippen LogP contribution is 2.39. The molecule has 0 bridgehead atoms. The number of fused-ring (bicyclic) bond motifs is 2. The first-order valence-corrected chi connectivity index (χ1v) is 10.4. The molecule has 5 heterocycles. The number of nitrogens with zero attached hydrogens (tertiary/aromatic N) is 4. The van der Waals surface area contributed by atoms with Crippen LogP contribution in [-0.4, -0.2) is 25.6 Å². The van der Waals surface area contributed by atoms with Gasteiger partial charge in [0.15, 0.2) is 5.65 Å². The fourth-order valence-electron chi connectivity index (χ4n) is 3.53. The van der Waals surface area contributed by atoms with Crippen LogP contribution in [0.1, 0.15) is 21.4 Å². The van der Waals surface area contributed by atoms with Crippen molar-refractivity contribution in [1.82, 2.24) is 19.1 Å². The molecule has 1 aliphatic heterocycles. The van der Waals surface area contributed by atoms with Crippen LogP contribution in [0.2, 0.25) is 0 Å². The third-order valence-electron chi connectivity index (χ3n) is 4.68. The van der Waals surface area contributed by atoms with Crippen molar-refractivity contribution in [3.8, 4) is 0 Å². The molecular weight excluding hydrogens is 368 g/mol. The van der Waals surface area contributed by atoms with Crippen molar-refractivity contribution in [1.29, 1.82) is 0 Å². The highest BCUT2D eigenvalue weighted by molar-refractivity contribution is 7.71. The molecule has 0 aromatic carbocycles. The summed E-state index contributed by atoms with van der Waals surface area (Å²) in [6, 6.07) is 12.9. The van der Waals surface area contributed by atoms with Gasteiger partial charge in [0.05, 0.1) is 12.7 Å². The van der Waals surface area contributed by atoms with Gasteiger partial charge in [-0.25, -0.2) is 4.68 Å². The summed E-state index contributed by atoms with van der Waals surface area (Å²) in [6.07, 6.45) is 3.07. The summed E-state index contributed by atoms with van der Waals surface area (Å²) >= 11 is 9.33. The van der Waals surface area contributed by atoms with Crippen molar-refractivity contribution in [2.75, 3.05) is 6.54 Å². The molecule has 0 spiro atoms. The third kappa shape index (κ3) is 2.58. The monoisotopic (exact) mass is 384 g/mol. The molecule has 1 unspecified atom stereocenters. The van der Waals surface area contributed by atoms with E-state index in [1.165, 1.54) is 15.3 Å². The molecule has 0 saturated carbocycles. The van der Waals surface area contributed by atoms with Gasteiger partial charge in [-0.1, -0.05) is 12.1 Å². The Hall–Kier alpha value is -1.80. The normalized spacial score (nSPS) is 17.8. The molecule has 0 radical (unpaired) electrons. The first-order valence-electron chi connectivity index (χ1n) is 8.19. The average molecular weight is 385 g/mol. The van der Waals surface area contributed by atoms with Gasteiger partial charge in [-0.15, -0.1) is 22.7 Å². The number of hydrogen-bond donors (Lipinski definition) is 0. The highest BCUT2D eigenvalue weighted by atomic mass is 32.1. The number of thiophene rings is 2. The molecule has 0 amide bonds. The number of aromatic nitrogens is 3. The largest absolute Gasteiger partial charge is 0.275 e. The summed E-state index contributed by atoms with van der Waals surface area (Å²) in [5.41, 5.74) is 2.34. The maximum Gasteiger partial charge on any atom is 0.203 e. The average Bonchev–Trinajstić information content (AvgIpc) is 3.36. The smallest absolute Gasteiger partial charge is 0.203 e. The van der Waals surface area contributed by atoms with E-state index in [2.05, 4.69) is 33.9 Å². The highest BCUT2D eigenvalue weighted by Gasteiger charge is 2.30. The Labute approximate surface area is 158 Å². The molecule has 7 heteroatoms. The van der Waals surface area contributed by atoms with Crippen molar-refractivity contribution >= 4 is 40.5 Å². The van der Waals surface area contributed by atoms with Crippen LogP contribution < -0.4 is 0 Å². The molecule has 4 aromatic rings. The van der Waals surface area contributed by atoms with Crippen molar-refractivity contribution in [3.63, 3.8) is 0 Å². The summed E-state index contributed by atoms with van der Waals surface area (Å²) < 4.78 is 4.66. The van der Waals surface area contributed by atoms with Crippen LogP contribution in [0, 0.1) is 4.77 Å². The first kappa shape index (κ1) is 15.5. The molecule has 1 atom stereocenters. The lowest BCUT2D eigenvalue weighted by Gasteiger charge is -2.35. The lowest BCUT2D eigenvalue weighted by atomic mass is 9.99. The molecule has 0 aliphatic carbocycles. The fourth-order valence-corrected chi connectivity index (χ4v) is 5.57. The quantitative estimate of drug-likeness (QED) is 0.483.